The second kappa shape index (κ2) is 7.70. The quantitative estimate of drug-likeness (QED) is 0.542. The van der Waals surface area contributed by atoms with Gasteiger partial charge >= 0.3 is 0 Å². The van der Waals surface area contributed by atoms with Crippen molar-refractivity contribution in [2.24, 2.45) is 0 Å². The van der Waals surface area contributed by atoms with E-state index in [1.54, 1.807) is 0 Å². The summed E-state index contributed by atoms with van der Waals surface area (Å²) in [5, 5.41) is 0. The molecule has 0 spiro atoms. The summed E-state index contributed by atoms with van der Waals surface area (Å²) in [6, 6.07) is 2.92. The van der Waals surface area contributed by atoms with Crippen molar-refractivity contribution in [2.45, 2.75) is 57.0 Å². The lowest BCUT2D eigenvalue weighted by Crippen LogP contribution is -2.12. The average Bonchev–Trinajstić information content (AvgIpc) is 2.34. The molecule has 1 aromatic rings. The molecule has 0 fully saturated rings. The van der Waals surface area contributed by atoms with Crippen molar-refractivity contribution in [3.05, 3.63) is 18.3 Å². The van der Waals surface area contributed by atoms with Gasteiger partial charge in [0.2, 0.25) is 5.88 Å². The fourth-order valence-corrected chi connectivity index (χ4v) is 2.39. The number of halogens is 1. The van der Waals surface area contributed by atoms with Gasteiger partial charge < -0.3 is 4.74 Å². The van der Waals surface area contributed by atoms with E-state index in [1.807, 2.05) is 6.92 Å². The summed E-state index contributed by atoms with van der Waals surface area (Å²) in [4.78, 5) is 3.93. The van der Waals surface area contributed by atoms with Crippen LogP contribution in [-0.2, 0) is 9.05 Å². The third kappa shape index (κ3) is 6.25. The number of rotatable bonds is 8. The summed E-state index contributed by atoms with van der Waals surface area (Å²) < 4.78 is 27.7. The van der Waals surface area contributed by atoms with Gasteiger partial charge in [0, 0.05) is 16.7 Å². The first-order chi connectivity index (χ1) is 8.93. The van der Waals surface area contributed by atoms with Crippen LogP contribution in [0.3, 0.4) is 0 Å². The number of unbranched alkanes of at least 4 members (excludes halogenated alkanes) is 3. The molecule has 108 valence electrons. The molecule has 0 bridgehead atoms. The molecular weight excluding hydrogens is 286 g/mol. The monoisotopic (exact) mass is 305 g/mol. The molecule has 19 heavy (non-hydrogen) atoms. The highest BCUT2D eigenvalue weighted by Crippen LogP contribution is 2.18. The predicted octanol–water partition coefficient (Wildman–Crippen LogP) is 3.75. The van der Waals surface area contributed by atoms with Crippen LogP contribution in [0.4, 0.5) is 0 Å². The molecule has 0 saturated carbocycles. The number of ether oxygens (including phenoxy) is 1. The molecular formula is C13H20ClNO3S. The minimum atomic E-state index is -3.71. The summed E-state index contributed by atoms with van der Waals surface area (Å²) in [7, 11) is 1.49. The van der Waals surface area contributed by atoms with Gasteiger partial charge in [-0.1, -0.05) is 26.2 Å². The van der Waals surface area contributed by atoms with Crippen molar-refractivity contribution in [2.75, 3.05) is 0 Å². The summed E-state index contributed by atoms with van der Waals surface area (Å²) >= 11 is 0. The Bertz CT molecular complexity index is 473. The van der Waals surface area contributed by atoms with Crippen LogP contribution >= 0.6 is 10.7 Å². The van der Waals surface area contributed by atoms with Gasteiger partial charge in [-0.2, -0.15) is 0 Å². The topological polar surface area (TPSA) is 56.3 Å². The van der Waals surface area contributed by atoms with Crippen LogP contribution < -0.4 is 4.74 Å². The molecule has 0 aliphatic carbocycles. The van der Waals surface area contributed by atoms with Crippen molar-refractivity contribution in [1.29, 1.82) is 0 Å². The van der Waals surface area contributed by atoms with E-state index in [9.17, 15) is 8.42 Å². The van der Waals surface area contributed by atoms with Crippen molar-refractivity contribution in [3.63, 3.8) is 0 Å². The highest BCUT2D eigenvalue weighted by atomic mass is 35.7. The van der Waals surface area contributed by atoms with E-state index in [0.29, 0.717) is 5.88 Å². The van der Waals surface area contributed by atoms with E-state index >= 15 is 0 Å². The van der Waals surface area contributed by atoms with E-state index in [0.717, 1.165) is 12.8 Å². The lowest BCUT2D eigenvalue weighted by Gasteiger charge is -2.13. The Labute approximate surface area is 119 Å². The molecule has 1 atom stereocenters. The molecule has 0 amide bonds. The first-order valence-corrected chi connectivity index (χ1v) is 8.81. The Morgan fingerprint density at radius 1 is 1.32 bits per heavy atom. The first kappa shape index (κ1) is 16.2. The van der Waals surface area contributed by atoms with Crippen molar-refractivity contribution in [1.82, 2.24) is 4.98 Å². The third-order valence-electron chi connectivity index (χ3n) is 2.78. The molecule has 4 nitrogen and oxygen atoms in total. The van der Waals surface area contributed by atoms with Crippen molar-refractivity contribution < 1.29 is 13.2 Å². The maximum absolute atomic E-state index is 11.1. The Morgan fingerprint density at radius 3 is 2.58 bits per heavy atom. The number of pyridine rings is 1. The molecule has 0 aliphatic rings. The van der Waals surface area contributed by atoms with Gasteiger partial charge in [0.05, 0.1) is 12.3 Å². The number of aromatic nitrogens is 1. The highest BCUT2D eigenvalue weighted by Gasteiger charge is 2.11. The Hall–Kier alpha value is -0.810. The zero-order valence-corrected chi connectivity index (χ0v) is 12.9. The van der Waals surface area contributed by atoms with E-state index in [-0.39, 0.29) is 11.0 Å². The normalized spacial score (nSPS) is 13.2. The van der Waals surface area contributed by atoms with Crippen LogP contribution in [0.25, 0.3) is 0 Å². The van der Waals surface area contributed by atoms with Crippen molar-refractivity contribution >= 4 is 19.7 Å². The van der Waals surface area contributed by atoms with Crippen LogP contribution in [0, 0.1) is 0 Å². The zero-order valence-electron chi connectivity index (χ0n) is 11.3. The van der Waals surface area contributed by atoms with Gasteiger partial charge in [0.25, 0.3) is 9.05 Å². The second-order valence-electron chi connectivity index (χ2n) is 4.55. The van der Waals surface area contributed by atoms with Crippen LogP contribution in [0.2, 0.25) is 0 Å². The molecule has 1 unspecified atom stereocenters. The molecule has 1 heterocycles. The Balaban J connectivity index is 2.45. The fourth-order valence-electron chi connectivity index (χ4n) is 1.70. The van der Waals surface area contributed by atoms with Gasteiger partial charge in [-0.25, -0.2) is 13.4 Å². The highest BCUT2D eigenvalue weighted by molar-refractivity contribution is 8.13. The van der Waals surface area contributed by atoms with Gasteiger partial charge in [-0.05, 0) is 25.8 Å². The number of hydrogen-bond acceptors (Lipinski definition) is 4. The number of hydrogen-bond donors (Lipinski definition) is 0. The number of nitrogens with zero attached hydrogens (tertiary/aromatic N) is 1. The SMILES string of the molecule is CCCCCCC(C)Oc1ccc(S(=O)(=O)Cl)cn1. The van der Waals surface area contributed by atoms with Gasteiger partial charge in [0.15, 0.2) is 0 Å². The van der Waals surface area contributed by atoms with Gasteiger partial charge in [0.1, 0.15) is 4.90 Å². The van der Waals surface area contributed by atoms with Crippen LogP contribution in [-0.4, -0.2) is 19.5 Å². The van der Waals surface area contributed by atoms with Gasteiger partial charge in [-0.15, -0.1) is 0 Å². The third-order valence-corrected chi connectivity index (χ3v) is 4.12. The molecule has 0 aliphatic heterocycles. The minimum Gasteiger partial charge on any atom is -0.475 e. The fraction of sp³-hybridized carbons (Fsp3) is 0.615. The maximum Gasteiger partial charge on any atom is 0.262 e. The average molecular weight is 306 g/mol. The first-order valence-electron chi connectivity index (χ1n) is 6.51. The lowest BCUT2D eigenvalue weighted by atomic mass is 10.1. The molecule has 0 N–H and O–H groups in total. The Kier molecular flexibility index (Phi) is 6.58. The standard InChI is InChI=1S/C13H20ClNO3S/c1-3-4-5-6-7-11(2)18-13-9-8-12(10-15-13)19(14,16)17/h8-11H,3-7H2,1-2H3. The summed E-state index contributed by atoms with van der Waals surface area (Å²) in [6.45, 7) is 4.16. The van der Waals surface area contributed by atoms with E-state index in [1.165, 1.54) is 37.6 Å². The lowest BCUT2D eigenvalue weighted by molar-refractivity contribution is 0.198. The van der Waals surface area contributed by atoms with E-state index in [4.69, 9.17) is 15.4 Å². The smallest absolute Gasteiger partial charge is 0.262 e. The molecule has 1 aromatic heterocycles. The summed E-state index contributed by atoms with van der Waals surface area (Å²) in [6.07, 6.45) is 7.05. The van der Waals surface area contributed by atoms with Crippen LogP contribution in [0.15, 0.2) is 23.2 Å². The second-order valence-corrected chi connectivity index (χ2v) is 7.11. The Morgan fingerprint density at radius 2 is 2.05 bits per heavy atom. The molecule has 1 rings (SSSR count). The summed E-state index contributed by atoms with van der Waals surface area (Å²) in [5.41, 5.74) is 0. The molecule has 0 radical (unpaired) electrons. The van der Waals surface area contributed by atoms with Crippen molar-refractivity contribution in [3.8, 4) is 5.88 Å². The predicted molar refractivity (Wildman–Crippen MR) is 76.1 cm³/mol. The van der Waals surface area contributed by atoms with E-state index in [2.05, 4.69) is 11.9 Å². The zero-order chi connectivity index (χ0) is 14.3. The molecule has 0 aromatic carbocycles. The van der Waals surface area contributed by atoms with Crippen LogP contribution in [0.1, 0.15) is 46.0 Å². The molecule has 6 heteroatoms. The molecule has 0 saturated heterocycles. The maximum atomic E-state index is 11.1. The van der Waals surface area contributed by atoms with Crippen LogP contribution in [0.5, 0.6) is 5.88 Å². The van der Waals surface area contributed by atoms with Gasteiger partial charge in [-0.3, -0.25) is 0 Å². The minimum absolute atomic E-state index is 0.0166. The van der Waals surface area contributed by atoms with E-state index < -0.39 is 9.05 Å². The largest absolute Gasteiger partial charge is 0.475 e. The summed E-state index contributed by atoms with van der Waals surface area (Å²) in [5.74, 6) is 0.423.